The van der Waals surface area contributed by atoms with Crippen LogP contribution in [0.4, 0.5) is 0 Å². The first-order valence-corrected chi connectivity index (χ1v) is 6.54. The fourth-order valence-electron chi connectivity index (χ4n) is 2.35. The number of ether oxygens (including phenoxy) is 1. The first-order chi connectivity index (χ1) is 8.59. The molecule has 1 aliphatic rings. The second-order valence-corrected chi connectivity index (χ2v) is 5.28. The Morgan fingerprint density at radius 2 is 2.11 bits per heavy atom. The van der Waals surface area contributed by atoms with Gasteiger partial charge in [-0.1, -0.05) is 13.8 Å². The van der Waals surface area contributed by atoms with Gasteiger partial charge in [-0.15, -0.1) is 0 Å². The number of ketones is 1. The highest BCUT2D eigenvalue weighted by Crippen LogP contribution is 2.31. The largest absolute Gasteiger partial charge is 0.508 e. The molecule has 0 aliphatic heterocycles. The first-order valence-electron chi connectivity index (χ1n) is 6.54. The van der Waals surface area contributed by atoms with Crippen LogP contribution in [0.25, 0.3) is 0 Å². The highest BCUT2D eigenvalue weighted by Gasteiger charge is 2.21. The maximum Gasteiger partial charge on any atom is 0.163 e. The van der Waals surface area contributed by atoms with Gasteiger partial charge in [0.25, 0.3) is 0 Å². The van der Waals surface area contributed by atoms with E-state index in [4.69, 9.17) is 4.74 Å². The minimum Gasteiger partial charge on any atom is -0.508 e. The van der Waals surface area contributed by atoms with Crippen molar-refractivity contribution in [2.75, 3.05) is 6.61 Å². The number of fused-ring (bicyclic) bond motifs is 1. The van der Waals surface area contributed by atoms with Gasteiger partial charge in [-0.2, -0.15) is 0 Å². The molecule has 1 aromatic carbocycles. The lowest BCUT2D eigenvalue weighted by atomic mass is 9.87. The molecule has 3 heteroatoms. The molecule has 0 spiro atoms. The fraction of sp³-hybridized carbons (Fsp3) is 0.533. The van der Waals surface area contributed by atoms with E-state index in [2.05, 4.69) is 13.8 Å². The number of hydrogen-bond donors (Lipinski definition) is 1. The maximum atomic E-state index is 11.8. The average Bonchev–Trinajstić information content (AvgIpc) is 2.32. The van der Waals surface area contributed by atoms with E-state index >= 15 is 0 Å². The third-order valence-corrected chi connectivity index (χ3v) is 3.24. The second-order valence-electron chi connectivity index (χ2n) is 5.28. The van der Waals surface area contributed by atoms with Crippen LogP contribution in [0.2, 0.25) is 0 Å². The zero-order chi connectivity index (χ0) is 13.1. The molecule has 18 heavy (non-hydrogen) atoms. The van der Waals surface area contributed by atoms with Crippen molar-refractivity contribution >= 4 is 5.78 Å². The second kappa shape index (κ2) is 5.53. The van der Waals surface area contributed by atoms with Crippen molar-refractivity contribution in [2.45, 2.75) is 39.7 Å². The summed E-state index contributed by atoms with van der Waals surface area (Å²) in [6, 6.07) is 3.34. The number of phenols is 1. The van der Waals surface area contributed by atoms with Crippen LogP contribution >= 0.6 is 0 Å². The van der Waals surface area contributed by atoms with Crippen molar-refractivity contribution in [3.63, 3.8) is 0 Å². The topological polar surface area (TPSA) is 46.5 Å². The van der Waals surface area contributed by atoms with E-state index in [1.807, 2.05) is 0 Å². The molecule has 1 aliphatic carbocycles. The summed E-state index contributed by atoms with van der Waals surface area (Å²) in [5, 5.41) is 9.93. The smallest absolute Gasteiger partial charge is 0.163 e. The number of carbonyl (C=O) groups is 1. The molecule has 0 atom stereocenters. The number of phenolic OH excluding ortho intramolecular Hbond substituents is 1. The number of rotatable bonds is 4. The van der Waals surface area contributed by atoms with Crippen molar-refractivity contribution < 1.29 is 14.6 Å². The summed E-state index contributed by atoms with van der Waals surface area (Å²) < 4.78 is 5.59. The van der Waals surface area contributed by atoms with E-state index in [0.717, 1.165) is 29.5 Å². The molecule has 1 aromatic rings. The summed E-state index contributed by atoms with van der Waals surface area (Å²) in [4.78, 5) is 11.8. The van der Waals surface area contributed by atoms with E-state index in [1.54, 1.807) is 12.1 Å². The Bertz CT molecular complexity index is 449. The molecule has 1 N–H and O–H groups in total. The van der Waals surface area contributed by atoms with Gasteiger partial charge in [0.15, 0.2) is 5.78 Å². The lowest BCUT2D eigenvalue weighted by Crippen LogP contribution is -2.14. The number of hydrogen-bond acceptors (Lipinski definition) is 3. The van der Waals surface area contributed by atoms with E-state index in [9.17, 15) is 9.90 Å². The number of benzene rings is 1. The molecule has 0 bridgehead atoms. The number of carbonyl (C=O) groups excluding carboxylic acids is 1. The third kappa shape index (κ3) is 2.72. The SMILES string of the molecule is CC(C)COCc1c(O)ccc2c1CCCC2=O. The molecule has 0 fully saturated rings. The predicted molar refractivity (Wildman–Crippen MR) is 69.9 cm³/mol. The highest BCUT2D eigenvalue weighted by molar-refractivity contribution is 5.99. The molecule has 0 radical (unpaired) electrons. The van der Waals surface area contributed by atoms with Crippen LogP contribution in [0.15, 0.2) is 12.1 Å². The van der Waals surface area contributed by atoms with Crippen LogP contribution in [0, 0.1) is 5.92 Å². The fourth-order valence-corrected chi connectivity index (χ4v) is 2.35. The number of aromatic hydroxyl groups is 1. The summed E-state index contributed by atoms with van der Waals surface area (Å²) in [5.41, 5.74) is 2.54. The van der Waals surface area contributed by atoms with Gasteiger partial charge < -0.3 is 9.84 Å². The van der Waals surface area contributed by atoms with Crippen LogP contribution in [0.3, 0.4) is 0 Å². The van der Waals surface area contributed by atoms with Gasteiger partial charge in [-0.25, -0.2) is 0 Å². The standard InChI is InChI=1S/C15H20O3/c1-10(2)8-18-9-13-11-4-3-5-14(16)12(11)6-7-15(13)17/h6-7,10,17H,3-5,8-9H2,1-2H3. The molecule has 98 valence electrons. The van der Waals surface area contributed by atoms with E-state index < -0.39 is 0 Å². The minimum absolute atomic E-state index is 0.182. The molecule has 0 saturated heterocycles. The van der Waals surface area contributed by atoms with Gasteiger partial charge in [0.05, 0.1) is 6.61 Å². The summed E-state index contributed by atoms with van der Waals surface area (Å²) >= 11 is 0. The molecule has 0 heterocycles. The molecule has 0 aromatic heterocycles. The van der Waals surface area contributed by atoms with E-state index in [0.29, 0.717) is 25.6 Å². The monoisotopic (exact) mass is 248 g/mol. The van der Waals surface area contributed by atoms with Crippen LogP contribution < -0.4 is 0 Å². The Morgan fingerprint density at radius 1 is 1.33 bits per heavy atom. The molecule has 0 amide bonds. The van der Waals surface area contributed by atoms with Crippen LogP contribution in [0.5, 0.6) is 5.75 Å². The van der Waals surface area contributed by atoms with Crippen molar-refractivity contribution in [2.24, 2.45) is 5.92 Å². The van der Waals surface area contributed by atoms with Gasteiger partial charge in [0, 0.05) is 24.2 Å². The Kier molecular flexibility index (Phi) is 4.02. The maximum absolute atomic E-state index is 11.8. The number of Topliss-reactive ketones (excluding diaryl/α,β-unsaturated/α-hetero) is 1. The predicted octanol–water partition coefficient (Wildman–Crippen LogP) is 3.08. The van der Waals surface area contributed by atoms with Crippen molar-refractivity contribution in [1.82, 2.24) is 0 Å². The van der Waals surface area contributed by atoms with Gasteiger partial charge in [-0.05, 0) is 36.5 Å². The van der Waals surface area contributed by atoms with Gasteiger partial charge in [-0.3, -0.25) is 4.79 Å². The Morgan fingerprint density at radius 3 is 2.83 bits per heavy atom. The average molecular weight is 248 g/mol. The summed E-state index contributed by atoms with van der Waals surface area (Å²) in [7, 11) is 0. The molecular formula is C15H20O3. The van der Waals surface area contributed by atoms with Gasteiger partial charge in [0.2, 0.25) is 0 Å². The van der Waals surface area contributed by atoms with Gasteiger partial charge in [0.1, 0.15) is 5.75 Å². The minimum atomic E-state index is 0.182. The van der Waals surface area contributed by atoms with Crippen LogP contribution in [-0.4, -0.2) is 17.5 Å². The van der Waals surface area contributed by atoms with Gasteiger partial charge >= 0.3 is 0 Å². The molecule has 2 rings (SSSR count). The van der Waals surface area contributed by atoms with Crippen LogP contribution in [0.1, 0.15) is 48.2 Å². The molecule has 0 unspecified atom stereocenters. The van der Waals surface area contributed by atoms with Crippen molar-refractivity contribution in [3.05, 3.63) is 28.8 Å². The Labute approximate surface area is 108 Å². The van der Waals surface area contributed by atoms with Crippen molar-refractivity contribution in [1.29, 1.82) is 0 Å². The lowest BCUT2D eigenvalue weighted by Gasteiger charge is -2.19. The normalized spacial score (nSPS) is 14.9. The zero-order valence-corrected chi connectivity index (χ0v) is 11.0. The molecular weight excluding hydrogens is 228 g/mol. The van der Waals surface area contributed by atoms with Crippen molar-refractivity contribution in [3.8, 4) is 5.75 Å². The summed E-state index contributed by atoms with van der Waals surface area (Å²) in [6.07, 6.45) is 2.34. The summed E-state index contributed by atoms with van der Waals surface area (Å²) in [5.74, 6) is 0.891. The third-order valence-electron chi connectivity index (χ3n) is 3.24. The Balaban J connectivity index is 2.23. The zero-order valence-electron chi connectivity index (χ0n) is 11.0. The van der Waals surface area contributed by atoms with Crippen LogP contribution in [-0.2, 0) is 17.8 Å². The first kappa shape index (κ1) is 13.1. The molecule has 3 nitrogen and oxygen atoms in total. The molecule has 0 saturated carbocycles. The van der Waals surface area contributed by atoms with E-state index in [1.165, 1.54) is 0 Å². The van der Waals surface area contributed by atoms with E-state index in [-0.39, 0.29) is 11.5 Å². The quantitative estimate of drug-likeness (QED) is 0.890. The summed E-state index contributed by atoms with van der Waals surface area (Å²) in [6.45, 7) is 5.23. The Hall–Kier alpha value is -1.35. The highest BCUT2D eigenvalue weighted by atomic mass is 16.5. The lowest BCUT2D eigenvalue weighted by molar-refractivity contribution is 0.0934.